The molecule has 0 bridgehead atoms. The summed E-state index contributed by atoms with van der Waals surface area (Å²) >= 11 is 3.53. The van der Waals surface area contributed by atoms with Crippen molar-refractivity contribution in [2.75, 3.05) is 24.7 Å². The first kappa shape index (κ1) is 17.4. The van der Waals surface area contributed by atoms with Crippen molar-refractivity contribution in [1.82, 2.24) is 4.90 Å². The number of piperidine rings is 1. The van der Waals surface area contributed by atoms with E-state index in [1.54, 1.807) is 0 Å². The molecule has 1 saturated heterocycles. The molecule has 0 spiro atoms. The van der Waals surface area contributed by atoms with Crippen LogP contribution in [0.4, 0.5) is 11.4 Å². The van der Waals surface area contributed by atoms with E-state index in [0.717, 1.165) is 34.5 Å². The van der Waals surface area contributed by atoms with Gasteiger partial charge >= 0.3 is 0 Å². The molecule has 5 heteroatoms. The van der Waals surface area contributed by atoms with Crippen molar-refractivity contribution in [2.24, 2.45) is 10.9 Å². The van der Waals surface area contributed by atoms with Crippen LogP contribution in [-0.2, 0) is 4.79 Å². The molecular weight excluding hydrogens is 390 g/mol. The second-order valence-corrected chi connectivity index (χ2v) is 8.07. The number of benzene rings is 2. The number of anilines is 1. The number of hydrogen-bond donors (Lipinski definition) is 0. The zero-order chi connectivity index (χ0) is 18.1. The van der Waals surface area contributed by atoms with Crippen molar-refractivity contribution >= 4 is 38.9 Å². The van der Waals surface area contributed by atoms with Crippen LogP contribution in [0.2, 0.25) is 0 Å². The zero-order valence-electron chi connectivity index (χ0n) is 14.9. The lowest BCUT2D eigenvalue weighted by Gasteiger charge is -2.33. The van der Waals surface area contributed by atoms with Crippen LogP contribution < -0.4 is 4.90 Å². The van der Waals surface area contributed by atoms with E-state index in [2.05, 4.69) is 32.7 Å². The lowest BCUT2D eigenvalue weighted by atomic mass is 10.0. The second kappa shape index (κ2) is 7.33. The van der Waals surface area contributed by atoms with Gasteiger partial charge in [-0.3, -0.25) is 14.6 Å². The van der Waals surface area contributed by atoms with E-state index < -0.39 is 0 Å². The molecule has 1 amide bonds. The minimum absolute atomic E-state index is 0.0137. The Balaban J connectivity index is 1.69. The summed E-state index contributed by atoms with van der Waals surface area (Å²) < 4.78 is 0.957. The van der Waals surface area contributed by atoms with Gasteiger partial charge in [0.05, 0.1) is 18.0 Å². The third kappa shape index (κ3) is 3.46. The quantitative estimate of drug-likeness (QED) is 0.739. The van der Waals surface area contributed by atoms with E-state index in [0.29, 0.717) is 18.3 Å². The zero-order valence-corrected chi connectivity index (χ0v) is 16.4. The summed E-state index contributed by atoms with van der Waals surface area (Å²) in [4.78, 5) is 22.1. The fraction of sp³-hybridized carbons (Fsp3) is 0.333. The van der Waals surface area contributed by atoms with E-state index in [1.165, 1.54) is 12.8 Å². The Bertz CT molecular complexity index is 850. The lowest BCUT2D eigenvalue weighted by Crippen LogP contribution is -2.45. The number of carbonyl (C=O) groups is 1. The summed E-state index contributed by atoms with van der Waals surface area (Å²) in [6.07, 6.45) is 2.47. The number of rotatable bonds is 3. The predicted octanol–water partition coefficient (Wildman–Crippen LogP) is 4.61. The molecule has 0 radical (unpaired) electrons. The molecule has 4 rings (SSSR count). The van der Waals surface area contributed by atoms with Crippen LogP contribution in [0.15, 0.2) is 58.0 Å². The third-order valence-electron chi connectivity index (χ3n) is 5.03. The molecular formula is C21H22BrN3O. The SMILES string of the molecule is CC1CCCN(CN2C(=O)C(=Nc3ccccc3)c3cc(Br)ccc32)C1. The fourth-order valence-electron chi connectivity index (χ4n) is 3.78. The highest BCUT2D eigenvalue weighted by molar-refractivity contribution is 9.10. The first-order valence-electron chi connectivity index (χ1n) is 9.10. The Labute approximate surface area is 162 Å². The number of amides is 1. The van der Waals surface area contributed by atoms with Crippen LogP contribution in [0.3, 0.4) is 0 Å². The monoisotopic (exact) mass is 411 g/mol. The fourth-order valence-corrected chi connectivity index (χ4v) is 4.14. The molecule has 134 valence electrons. The molecule has 2 heterocycles. The van der Waals surface area contributed by atoms with Crippen LogP contribution in [0.5, 0.6) is 0 Å². The molecule has 26 heavy (non-hydrogen) atoms. The van der Waals surface area contributed by atoms with Crippen LogP contribution in [0, 0.1) is 5.92 Å². The molecule has 2 aromatic rings. The predicted molar refractivity (Wildman–Crippen MR) is 109 cm³/mol. The molecule has 4 nitrogen and oxygen atoms in total. The first-order chi connectivity index (χ1) is 12.6. The van der Waals surface area contributed by atoms with E-state index in [4.69, 9.17) is 0 Å². The van der Waals surface area contributed by atoms with Crippen LogP contribution in [0.1, 0.15) is 25.3 Å². The number of para-hydroxylation sites is 1. The van der Waals surface area contributed by atoms with Gasteiger partial charge in [-0.25, -0.2) is 4.99 Å². The highest BCUT2D eigenvalue weighted by Crippen LogP contribution is 2.33. The molecule has 0 aromatic heterocycles. The number of fused-ring (bicyclic) bond motifs is 1. The van der Waals surface area contributed by atoms with Crippen molar-refractivity contribution in [2.45, 2.75) is 19.8 Å². The second-order valence-electron chi connectivity index (χ2n) is 7.16. The largest absolute Gasteiger partial charge is 0.293 e. The van der Waals surface area contributed by atoms with Crippen molar-refractivity contribution < 1.29 is 4.79 Å². The average molecular weight is 412 g/mol. The topological polar surface area (TPSA) is 35.9 Å². The number of aliphatic imine (C=N–C) groups is 1. The van der Waals surface area contributed by atoms with Gasteiger partial charge in [0.15, 0.2) is 0 Å². The summed E-state index contributed by atoms with van der Waals surface area (Å²) in [7, 11) is 0. The molecule has 1 atom stereocenters. The van der Waals surface area contributed by atoms with Crippen molar-refractivity contribution in [1.29, 1.82) is 0 Å². The van der Waals surface area contributed by atoms with Gasteiger partial charge < -0.3 is 0 Å². The van der Waals surface area contributed by atoms with Gasteiger partial charge in [-0.2, -0.15) is 0 Å². The number of nitrogens with zero attached hydrogens (tertiary/aromatic N) is 3. The molecule has 1 fully saturated rings. The highest BCUT2D eigenvalue weighted by atomic mass is 79.9. The third-order valence-corrected chi connectivity index (χ3v) is 5.53. The minimum atomic E-state index is -0.0137. The van der Waals surface area contributed by atoms with Crippen molar-refractivity contribution in [3.8, 4) is 0 Å². The van der Waals surface area contributed by atoms with Gasteiger partial charge in [-0.05, 0) is 55.6 Å². The molecule has 2 aromatic carbocycles. The van der Waals surface area contributed by atoms with Gasteiger partial charge in [0.1, 0.15) is 5.71 Å². The normalized spacial score (nSPS) is 22.1. The maximum absolute atomic E-state index is 13.2. The summed E-state index contributed by atoms with van der Waals surface area (Å²) in [5.41, 5.74) is 3.18. The summed E-state index contributed by atoms with van der Waals surface area (Å²) in [6, 6.07) is 15.7. The maximum Gasteiger partial charge on any atom is 0.278 e. The Morgan fingerprint density at radius 1 is 1.19 bits per heavy atom. The van der Waals surface area contributed by atoms with Crippen LogP contribution >= 0.6 is 15.9 Å². The van der Waals surface area contributed by atoms with E-state index in [9.17, 15) is 4.79 Å². The Hall–Kier alpha value is -1.98. The molecule has 0 N–H and O–H groups in total. The lowest BCUT2D eigenvalue weighted by molar-refractivity contribution is -0.112. The number of hydrogen-bond acceptors (Lipinski definition) is 3. The summed E-state index contributed by atoms with van der Waals surface area (Å²) in [6.45, 7) is 5.00. The van der Waals surface area contributed by atoms with Gasteiger partial charge in [-0.1, -0.05) is 41.1 Å². The number of halogens is 1. The molecule has 1 unspecified atom stereocenters. The summed E-state index contributed by atoms with van der Waals surface area (Å²) in [5, 5.41) is 0. The molecule has 0 aliphatic carbocycles. The maximum atomic E-state index is 13.2. The first-order valence-corrected chi connectivity index (χ1v) is 9.89. The number of likely N-dealkylation sites (tertiary alicyclic amines) is 1. The Morgan fingerprint density at radius 3 is 2.77 bits per heavy atom. The van der Waals surface area contributed by atoms with Crippen molar-refractivity contribution in [3.63, 3.8) is 0 Å². The van der Waals surface area contributed by atoms with Gasteiger partial charge in [-0.15, -0.1) is 0 Å². The Morgan fingerprint density at radius 2 is 2.00 bits per heavy atom. The van der Waals surface area contributed by atoms with Gasteiger partial charge in [0.25, 0.3) is 5.91 Å². The average Bonchev–Trinajstić information content (AvgIpc) is 2.88. The molecule has 2 aliphatic rings. The van der Waals surface area contributed by atoms with E-state index >= 15 is 0 Å². The minimum Gasteiger partial charge on any atom is -0.293 e. The van der Waals surface area contributed by atoms with Crippen LogP contribution in [0.25, 0.3) is 0 Å². The Kier molecular flexibility index (Phi) is 4.92. The summed E-state index contributed by atoms with van der Waals surface area (Å²) in [5.74, 6) is 0.670. The number of carbonyl (C=O) groups excluding carboxylic acids is 1. The van der Waals surface area contributed by atoms with E-state index in [1.807, 2.05) is 53.4 Å². The van der Waals surface area contributed by atoms with Crippen molar-refractivity contribution in [3.05, 3.63) is 58.6 Å². The van der Waals surface area contributed by atoms with Gasteiger partial charge in [0, 0.05) is 16.6 Å². The molecule has 2 aliphatic heterocycles. The van der Waals surface area contributed by atoms with Crippen LogP contribution in [-0.4, -0.2) is 36.3 Å². The smallest absolute Gasteiger partial charge is 0.278 e. The standard InChI is InChI=1S/C21H22BrN3O/c1-15-6-5-11-24(13-15)14-25-19-10-9-16(22)12-18(19)20(21(25)26)23-17-7-3-2-4-8-17/h2-4,7-10,12,15H,5-6,11,13-14H2,1H3. The van der Waals surface area contributed by atoms with Gasteiger partial charge in [0.2, 0.25) is 0 Å². The highest BCUT2D eigenvalue weighted by Gasteiger charge is 2.35. The van der Waals surface area contributed by atoms with E-state index in [-0.39, 0.29) is 5.91 Å². The molecule has 0 saturated carbocycles.